The van der Waals surface area contributed by atoms with Crippen molar-refractivity contribution in [2.24, 2.45) is 16.6 Å². The molecular formula is C21H19F2N3O2. The van der Waals surface area contributed by atoms with E-state index in [0.717, 1.165) is 0 Å². The summed E-state index contributed by atoms with van der Waals surface area (Å²) in [6, 6.07) is 4.42. The van der Waals surface area contributed by atoms with Crippen LogP contribution in [0.3, 0.4) is 0 Å². The second-order valence-electron chi connectivity index (χ2n) is 6.99. The zero-order valence-electron chi connectivity index (χ0n) is 15.2. The molecule has 0 spiro atoms. The average molecular weight is 383 g/mol. The Morgan fingerprint density at radius 1 is 1.36 bits per heavy atom. The van der Waals surface area contributed by atoms with Crippen molar-refractivity contribution in [2.45, 2.75) is 31.6 Å². The van der Waals surface area contributed by atoms with Crippen LogP contribution in [-0.2, 0) is 16.9 Å². The number of alkyl halides is 1. The van der Waals surface area contributed by atoms with Gasteiger partial charge in [0.05, 0.1) is 6.61 Å². The van der Waals surface area contributed by atoms with Crippen molar-refractivity contribution < 1.29 is 18.6 Å². The summed E-state index contributed by atoms with van der Waals surface area (Å²) in [5.41, 5.74) is 6.66. The molecule has 28 heavy (non-hydrogen) atoms. The van der Waals surface area contributed by atoms with E-state index in [1.807, 2.05) is 0 Å². The molecule has 3 atom stereocenters. The van der Waals surface area contributed by atoms with E-state index in [9.17, 15) is 9.50 Å². The Bertz CT molecular complexity index is 1030. The van der Waals surface area contributed by atoms with Crippen LogP contribution in [0.15, 0.2) is 35.6 Å². The van der Waals surface area contributed by atoms with Gasteiger partial charge in [0.1, 0.15) is 24.1 Å². The number of ether oxygens (including phenoxy) is 1. The molecule has 7 heteroatoms. The maximum atomic E-state index is 15.0. The number of nitrogens with zero attached hydrogens (tertiary/aromatic N) is 2. The molecule has 1 aromatic heterocycles. The minimum Gasteiger partial charge on any atom is -0.462 e. The van der Waals surface area contributed by atoms with Crippen LogP contribution < -0.4 is 5.73 Å². The summed E-state index contributed by atoms with van der Waals surface area (Å²) >= 11 is 0. The molecule has 1 aliphatic carbocycles. The Morgan fingerprint density at radius 2 is 2.18 bits per heavy atom. The fourth-order valence-electron chi connectivity index (χ4n) is 3.87. The summed E-state index contributed by atoms with van der Waals surface area (Å²) in [7, 11) is 0. The minimum atomic E-state index is -1.42. The van der Waals surface area contributed by atoms with Crippen LogP contribution in [-0.4, -0.2) is 28.9 Å². The number of aliphatic hydroxyl groups excluding tert-OH is 1. The highest BCUT2D eigenvalue weighted by Crippen LogP contribution is 2.54. The Hall–Kier alpha value is -2.98. The van der Waals surface area contributed by atoms with Crippen molar-refractivity contribution in [3.63, 3.8) is 0 Å². The lowest BCUT2D eigenvalue weighted by Crippen LogP contribution is -2.39. The quantitative estimate of drug-likeness (QED) is 0.796. The molecule has 1 fully saturated rings. The highest BCUT2D eigenvalue weighted by atomic mass is 19.1. The van der Waals surface area contributed by atoms with E-state index in [4.69, 9.17) is 10.5 Å². The second kappa shape index (κ2) is 6.88. The number of hydrogen-bond acceptors (Lipinski definition) is 5. The number of benzene rings is 1. The maximum Gasteiger partial charge on any atom is 0.283 e. The molecule has 0 radical (unpaired) electrons. The molecule has 2 aliphatic rings. The first kappa shape index (κ1) is 18.4. The van der Waals surface area contributed by atoms with Crippen LogP contribution >= 0.6 is 0 Å². The van der Waals surface area contributed by atoms with Gasteiger partial charge in [-0.1, -0.05) is 5.92 Å². The maximum absolute atomic E-state index is 15.0. The molecule has 0 saturated heterocycles. The first-order valence-corrected chi connectivity index (χ1v) is 8.92. The van der Waals surface area contributed by atoms with Gasteiger partial charge in [-0.3, -0.25) is 4.98 Å². The number of aliphatic imine (C=N–C) groups is 1. The lowest BCUT2D eigenvalue weighted by atomic mass is 9.83. The Balaban J connectivity index is 1.91. The highest BCUT2D eigenvalue weighted by molar-refractivity contribution is 5.75. The molecule has 0 amide bonds. The summed E-state index contributed by atoms with van der Waals surface area (Å²) in [6.07, 6.45) is 3.53. The minimum absolute atomic E-state index is 0.105. The SMILES string of the molecule is CC#Cc1cncc(-c2cc([C@@]3(CF)N=C(N)OC4C[C@@H]43)c(F)cc2CO)c1. The second-order valence-corrected chi connectivity index (χ2v) is 6.99. The fraction of sp³-hybridized carbons (Fsp3) is 0.333. The summed E-state index contributed by atoms with van der Waals surface area (Å²) in [5, 5.41) is 9.75. The van der Waals surface area contributed by atoms with Gasteiger partial charge in [0.2, 0.25) is 0 Å². The monoisotopic (exact) mass is 383 g/mol. The van der Waals surface area contributed by atoms with E-state index in [1.165, 1.54) is 12.1 Å². The molecule has 1 unspecified atom stereocenters. The third kappa shape index (κ3) is 2.90. The number of hydrogen-bond donors (Lipinski definition) is 2. The predicted molar refractivity (Wildman–Crippen MR) is 100 cm³/mol. The number of amidine groups is 1. The average Bonchev–Trinajstić information content (AvgIpc) is 3.47. The number of rotatable bonds is 4. The molecule has 1 saturated carbocycles. The third-order valence-corrected chi connectivity index (χ3v) is 5.28. The van der Waals surface area contributed by atoms with Crippen LogP contribution in [0.2, 0.25) is 0 Å². The van der Waals surface area contributed by atoms with Gasteiger partial charge < -0.3 is 15.6 Å². The Morgan fingerprint density at radius 3 is 2.89 bits per heavy atom. The summed E-state index contributed by atoms with van der Waals surface area (Å²) < 4.78 is 34.6. The third-order valence-electron chi connectivity index (χ3n) is 5.28. The molecular weight excluding hydrogens is 364 g/mol. The predicted octanol–water partition coefficient (Wildman–Crippen LogP) is 2.65. The van der Waals surface area contributed by atoms with Crippen LogP contribution in [0, 0.1) is 23.6 Å². The van der Waals surface area contributed by atoms with Gasteiger partial charge in [-0.2, -0.15) is 0 Å². The molecule has 1 aromatic carbocycles. The molecule has 144 valence electrons. The number of fused-ring (bicyclic) bond motifs is 1. The van der Waals surface area contributed by atoms with Crippen molar-refractivity contribution in [3.8, 4) is 23.0 Å². The number of nitrogens with two attached hydrogens (primary N) is 1. The van der Waals surface area contributed by atoms with Crippen LogP contribution in [0.25, 0.3) is 11.1 Å². The fourth-order valence-corrected chi connectivity index (χ4v) is 3.87. The molecule has 5 nitrogen and oxygen atoms in total. The molecule has 1 aliphatic heterocycles. The van der Waals surface area contributed by atoms with Gasteiger partial charge in [-0.25, -0.2) is 13.8 Å². The summed E-state index contributed by atoms with van der Waals surface area (Å²) in [5.74, 6) is 4.81. The van der Waals surface area contributed by atoms with Gasteiger partial charge in [0.25, 0.3) is 6.02 Å². The number of aromatic nitrogens is 1. The van der Waals surface area contributed by atoms with E-state index in [1.54, 1.807) is 25.4 Å². The Kier molecular flexibility index (Phi) is 4.52. The molecule has 2 aromatic rings. The van der Waals surface area contributed by atoms with Crippen molar-refractivity contribution in [1.82, 2.24) is 4.98 Å². The van der Waals surface area contributed by atoms with Gasteiger partial charge in [-0.15, -0.1) is 5.92 Å². The van der Waals surface area contributed by atoms with Gasteiger partial charge in [0.15, 0.2) is 0 Å². The van der Waals surface area contributed by atoms with E-state index < -0.39 is 18.0 Å². The zero-order chi connectivity index (χ0) is 19.9. The zero-order valence-corrected chi connectivity index (χ0v) is 15.2. The van der Waals surface area contributed by atoms with Crippen LogP contribution in [0.1, 0.15) is 30.0 Å². The first-order chi connectivity index (χ1) is 13.5. The standard InChI is InChI=1S/C21H19F2N3O2/c1-2-3-12-4-13(9-25-8-12)15-6-16(18(23)5-14(15)10-27)21(11-22)17-7-19(17)28-20(24)26-21/h4-6,8-9,17,19,27H,7,10-11H2,1H3,(H2,24,26)/t17-,19?,21+/m0/s1. The molecule has 3 N–H and O–H groups in total. The smallest absolute Gasteiger partial charge is 0.283 e. The molecule has 0 bridgehead atoms. The number of halogens is 2. The van der Waals surface area contributed by atoms with Gasteiger partial charge in [-0.05, 0) is 42.7 Å². The summed E-state index contributed by atoms with van der Waals surface area (Å²) in [6.45, 7) is 0.443. The number of pyridine rings is 1. The van der Waals surface area contributed by atoms with Crippen molar-refractivity contribution in [1.29, 1.82) is 0 Å². The Labute approximate surface area is 161 Å². The van der Waals surface area contributed by atoms with E-state index in [-0.39, 0.29) is 30.2 Å². The van der Waals surface area contributed by atoms with Crippen LogP contribution in [0.4, 0.5) is 8.78 Å². The van der Waals surface area contributed by atoms with Crippen molar-refractivity contribution >= 4 is 6.02 Å². The van der Waals surface area contributed by atoms with E-state index in [0.29, 0.717) is 28.7 Å². The van der Waals surface area contributed by atoms with Crippen molar-refractivity contribution in [3.05, 3.63) is 53.1 Å². The van der Waals surface area contributed by atoms with Crippen molar-refractivity contribution in [2.75, 3.05) is 6.67 Å². The lowest BCUT2D eigenvalue weighted by molar-refractivity contribution is 0.168. The lowest BCUT2D eigenvalue weighted by Gasteiger charge is -2.32. The topological polar surface area (TPSA) is 80.7 Å². The first-order valence-electron chi connectivity index (χ1n) is 8.92. The van der Waals surface area contributed by atoms with Gasteiger partial charge >= 0.3 is 0 Å². The van der Waals surface area contributed by atoms with E-state index in [2.05, 4.69) is 21.8 Å². The highest BCUT2D eigenvalue weighted by Gasteiger charge is 2.60. The van der Waals surface area contributed by atoms with Gasteiger partial charge in [0, 0.05) is 35.0 Å². The van der Waals surface area contributed by atoms with E-state index >= 15 is 4.39 Å². The van der Waals surface area contributed by atoms with Crippen LogP contribution in [0.5, 0.6) is 0 Å². The summed E-state index contributed by atoms with van der Waals surface area (Å²) in [4.78, 5) is 8.35. The largest absolute Gasteiger partial charge is 0.462 e. The molecule has 2 heterocycles. The molecule has 4 rings (SSSR count). The number of aliphatic hydroxyl groups is 1. The normalized spacial score (nSPS) is 25.1.